The third-order valence-electron chi connectivity index (χ3n) is 1.54. The molecule has 2 unspecified atom stereocenters. The van der Waals surface area contributed by atoms with Gasteiger partial charge in [-0.05, 0) is 0 Å². The number of halogens is 6. The van der Waals surface area contributed by atoms with Gasteiger partial charge in [-0.2, -0.15) is 26.3 Å². The molecule has 86 valence electrons. The average molecular weight is 225 g/mol. The van der Waals surface area contributed by atoms with Gasteiger partial charge in [0, 0.05) is 13.5 Å². The summed E-state index contributed by atoms with van der Waals surface area (Å²) in [5.74, 6) is 0. The Labute approximate surface area is 76.0 Å². The molecular formula is C6H9F6NO. The summed E-state index contributed by atoms with van der Waals surface area (Å²) in [6.45, 7) is 0. The summed E-state index contributed by atoms with van der Waals surface area (Å²) in [5, 5.41) is 0. The topological polar surface area (TPSA) is 35.2 Å². The zero-order chi connectivity index (χ0) is 11.6. The Morgan fingerprint density at radius 3 is 1.71 bits per heavy atom. The third-order valence-corrected chi connectivity index (χ3v) is 1.54. The van der Waals surface area contributed by atoms with Crippen molar-refractivity contribution in [3.8, 4) is 0 Å². The lowest BCUT2D eigenvalue weighted by Gasteiger charge is -2.23. The van der Waals surface area contributed by atoms with Gasteiger partial charge in [0.15, 0.2) is 6.10 Å². The zero-order valence-corrected chi connectivity index (χ0v) is 7.12. The first-order chi connectivity index (χ1) is 6.09. The number of rotatable bonds is 3. The lowest BCUT2D eigenvalue weighted by atomic mass is 10.1. The van der Waals surface area contributed by atoms with Gasteiger partial charge in [-0.3, -0.25) is 0 Å². The Hall–Kier alpha value is -0.500. The summed E-state index contributed by atoms with van der Waals surface area (Å²) >= 11 is 0. The van der Waals surface area contributed by atoms with Crippen molar-refractivity contribution in [3.05, 3.63) is 0 Å². The molecule has 0 aromatic carbocycles. The molecule has 0 aliphatic heterocycles. The maximum Gasteiger partial charge on any atom is 0.414 e. The molecule has 0 aromatic heterocycles. The van der Waals surface area contributed by atoms with Crippen molar-refractivity contribution in [1.29, 1.82) is 0 Å². The molecule has 14 heavy (non-hydrogen) atoms. The fraction of sp³-hybridized carbons (Fsp3) is 1.00. The molecule has 0 aliphatic carbocycles. The lowest BCUT2D eigenvalue weighted by molar-refractivity contribution is -0.226. The first-order valence-corrected chi connectivity index (χ1v) is 3.51. The van der Waals surface area contributed by atoms with Crippen LogP contribution in [0.1, 0.15) is 6.42 Å². The molecule has 0 heterocycles. The summed E-state index contributed by atoms with van der Waals surface area (Å²) in [4.78, 5) is 0. The van der Waals surface area contributed by atoms with Crippen LogP contribution in [0.2, 0.25) is 0 Å². The van der Waals surface area contributed by atoms with Crippen LogP contribution >= 0.6 is 0 Å². The summed E-state index contributed by atoms with van der Waals surface area (Å²) in [5.41, 5.74) is 4.52. The van der Waals surface area contributed by atoms with Crippen molar-refractivity contribution in [2.75, 3.05) is 7.11 Å². The lowest BCUT2D eigenvalue weighted by Crippen LogP contribution is -2.44. The van der Waals surface area contributed by atoms with Crippen molar-refractivity contribution in [3.63, 3.8) is 0 Å². The van der Waals surface area contributed by atoms with Gasteiger partial charge in [0.2, 0.25) is 0 Å². The molecule has 0 fully saturated rings. The van der Waals surface area contributed by atoms with E-state index in [2.05, 4.69) is 10.5 Å². The molecule has 0 rings (SSSR count). The van der Waals surface area contributed by atoms with Gasteiger partial charge in [-0.1, -0.05) is 0 Å². The van der Waals surface area contributed by atoms with E-state index >= 15 is 0 Å². The predicted octanol–water partition coefficient (Wildman–Crippen LogP) is 1.84. The summed E-state index contributed by atoms with van der Waals surface area (Å²) < 4.78 is 75.0. The number of methoxy groups -OCH3 is 1. The quantitative estimate of drug-likeness (QED) is 0.744. The maximum absolute atomic E-state index is 11.9. The highest BCUT2D eigenvalue weighted by Gasteiger charge is 2.46. The molecule has 0 saturated carbocycles. The Kier molecular flexibility index (Phi) is 4.19. The molecule has 0 amide bonds. The standard InChI is InChI=1S/C6H9F6NO/c1-14-4(6(10,11)12)2-3(13)5(7,8)9/h3-4H,2,13H2,1H3. The van der Waals surface area contributed by atoms with E-state index in [1.54, 1.807) is 0 Å². The monoisotopic (exact) mass is 225 g/mol. The smallest absolute Gasteiger partial charge is 0.372 e. The fourth-order valence-corrected chi connectivity index (χ4v) is 0.728. The number of alkyl halides is 6. The van der Waals surface area contributed by atoms with Crippen molar-refractivity contribution in [2.45, 2.75) is 30.9 Å². The van der Waals surface area contributed by atoms with Gasteiger partial charge in [-0.25, -0.2) is 0 Å². The zero-order valence-electron chi connectivity index (χ0n) is 7.12. The van der Waals surface area contributed by atoms with Crippen molar-refractivity contribution >= 4 is 0 Å². The van der Waals surface area contributed by atoms with Crippen molar-refractivity contribution in [2.24, 2.45) is 5.73 Å². The summed E-state index contributed by atoms with van der Waals surface area (Å²) in [7, 11) is 0.682. The van der Waals surface area contributed by atoms with E-state index in [0.717, 1.165) is 0 Å². The van der Waals surface area contributed by atoms with Crippen LogP contribution in [0.15, 0.2) is 0 Å². The second-order valence-corrected chi connectivity index (χ2v) is 2.65. The predicted molar refractivity (Wildman–Crippen MR) is 35.5 cm³/mol. The van der Waals surface area contributed by atoms with E-state index in [-0.39, 0.29) is 0 Å². The van der Waals surface area contributed by atoms with Crippen LogP contribution in [0.4, 0.5) is 26.3 Å². The molecule has 0 aromatic rings. The number of ether oxygens (including phenoxy) is 1. The molecule has 0 radical (unpaired) electrons. The van der Waals surface area contributed by atoms with Crippen LogP contribution < -0.4 is 5.73 Å². The van der Waals surface area contributed by atoms with Gasteiger partial charge in [0.05, 0.1) is 0 Å². The molecule has 8 heteroatoms. The minimum absolute atomic E-state index is 0.682. The van der Waals surface area contributed by atoms with E-state index in [0.29, 0.717) is 7.11 Å². The first-order valence-electron chi connectivity index (χ1n) is 3.51. The maximum atomic E-state index is 11.9. The second-order valence-electron chi connectivity index (χ2n) is 2.65. The summed E-state index contributed by atoms with van der Waals surface area (Å²) in [6, 6.07) is -2.53. The molecule has 0 saturated heterocycles. The van der Waals surface area contributed by atoms with Crippen molar-refractivity contribution in [1.82, 2.24) is 0 Å². The van der Waals surface area contributed by atoms with Gasteiger partial charge in [0.1, 0.15) is 6.04 Å². The minimum Gasteiger partial charge on any atom is -0.372 e. The highest BCUT2D eigenvalue weighted by atomic mass is 19.4. The SMILES string of the molecule is COC(CC(N)C(F)(F)F)C(F)(F)F. The summed E-state index contributed by atoms with van der Waals surface area (Å²) in [6.07, 6.45) is -13.5. The van der Waals surface area contributed by atoms with Crippen LogP contribution in [0, 0.1) is 0 Å². The highest BCUT2D eigenvalue weighted by Crippen LogP contribution is 2.29. The van der Waals surface area contributed by atoms with Crippen LogP contribution in [0.25, 0.3) is 0 Å². The van der Waals surface area contributed by atoms with E-state index in [1.165, 1.54) is 0 Å². The Balaban J connectivity index is 4.34. The Morgan fingerprint density at radius 1 is 1.07 bits per heavy atom. The fourth-order valence-electron chi connectivity index (χ4n) is 0.728. The van der Waals surface area contributed by atoms with E-state index in [4.69, 9.17) is 0 Å². The van der Waals surface area contributed by atoms with Crippen LogP contribution in [-0.2, 0) is 4.74 Å². The normalized spacial score (nSPS) is 18.0. The second kappa shape index (κ2) is 4.35. The van der Waals surface area contributed by atoms with Gasteiger partial charge in [0.25, 0.3) is 0 Å². The van der Waals surface area contributed by atoms with Gasteiger partial charge >= 0.3 is 12.4 Å². The van der Waals surface area contributed by atoms with E-state index in [1.807, 2.05) is 0 Å². The molecule has 0 aliphatic rings. The highest BCUT2D eigenvalue weighted by molar-refractivity contribution is 4.79. The third kappa shape index (κ3) is 4.14. The van der Waals surface area contributed by atoms with Crippen LogP contribution in [0.5, 0.6) is 0 Å². The van der Waals surface area contributed by atoms with Gasteiger partial charge < -0.3 is 10.5 Å². The van der Waals surface area contributed by atoms with E-state index < -0.39 is 30.9 Å². The Morgan fingerprint density at radius 2 is 1.50 bits per heavy atom. The molecule has 0 spiro atoms. The molecule has 2 atom stereocenters. The number of nitrogens with two attached hydrogens (primary N) is 1. The van der Waals surface area contributed by atoms with Gasteiger partial charge in [-0.15, -0.1) is 0 Å². The number of hydrogen-bond acceptors (Lipinski definition) is 2. The molecular weight excluding hydrogens is 216 g/mol. The largest absolute Gasteiger partial charge is 0.414 e. The molecule has 2 nitrogen and oxygen atoms in total. The van der Waals surface area contributed by atoms with Crippen LogP contribution in [-0.4, -0.2) is 31.6 Å². The van der Waals surface area contributed by atoms with E-state index in [9.17, 15) is 26.3 Å². The Bertz CT molecular complexity index is 176. The minimum atomic E-state index is -4.85. The number of hydrogen-bond donors (Lipinski definition) is 1. The molecule has 0 bridgehead atoms. The molecule has 2 N–H and O–H groups in total. The van der Waals surface area contributed by atoms with Crippen molar-refractivity contribution < 1.29 is 31.1 Å². The average Bonchev–Trinajstić information content (AvgIpc) is 1.95. The first kappa shape index (κ1) is 13.5. The van der Waals surface area contributed by atoms with Crippen LogP contribution in [0.3, 0.4) is 0 Å².